The summed E-state index contributed by atoms with van der Waals surface area (Å²) in [5.41, 5.74) is 0.132. The van der Waals surface area contributed by atoms with Crippen molar-refractivity contribution in [1.29, 1.82) is 0 Å². The number of fused-ring (bicyclic) bond motifs is 2. The predicted octanol–water partition coefficient (Wildman–Crippen LogP) is 1.13. The van der Waals surface area contributed by atoms with Crippen LogP contribution in [-0.2, 0) is 9.59 Å². The molecule has 2 atom stereocenters. The number of carbonyl (C=O) groups excluding carboxylic acids is 2. The van der Waals surface area contributed by atoms with E-state index in [1.54, 1.807) is 0 Å². The van der Waals surface area contributed by atoms with Crippen molar-refractivity contribution in [3.8, 4) is 0 Å². The minimum atomic E-state index is 0.111. The lowest BCUT2D eigenvalue weighted by atomic mass is 9.61. The third-order valence-corrected chi connectivity index (χ3v) is 4.03. The van der Waals surface area contributed by atoms with Gasteiger partial charge in [0, 0.05) is 25.8 Å². The molecule has 14 heavy (non-hydrogen) atoms. The second-order valence-corrected chi connectivity index (χ2v) is 5.17. The quantitative estimate of drug-likeness (QED) is 0.629. The van der Waals surface area contributed by atoms with E-state index >= 15 is 0 Å². The molecule has 78 valence electrons. The first-order valence-corrected chi connectivity index (χ1v) is 5.28. The van der Waals surface area contributed by atoms with E-state index in [9.17, 15) is 9.59 Å². The van der Waals surface area contributed by atoms with E-state index in [1.165, 1.54) is 0 Å². The SMILES string of the molecule is CC1(C)[C@H]2CNC(=O)C[C@@H]1CC(=O)C2. The van der Waals surface area contributed by atoms with Gasteiger partial charge in [0.05, 0.1) is 0 Å². The maximum atomic E-state index is 11.5. The van der Waals surface area contributed by atoms with Crippen molar-refractivity contribution in [3.63, 3.8) is 0 Å². The molecular formula is C11H17NO2. The van der Waals surface area contributed by atoms with Gasteiger partial charge in [0.1, 0.15) is 5.78 Å². The molecular weight excluding hydrogens is 178 g/mol. The fourth-order valence-electron chi connectivity index (χ4n) is 2.70. The minimum absolute atomic E-state index is 0.111. The molecule has 2 rings (SSSR count). The van der Waals surface area contributed by atoms with Crippen LogP contribution in [0.3, 0.4) is 0 Å². The summed E-state index contributed by atoms with van der Waals surface area (Å²) in [7, 11) is 0. The molecule has 1 saturated heterocycles. The molecule has 3 nitrogen and oxygen atoms in total. The molecule has 3 heteroatoms. The Balaban J connectivity index is 2.30. The number of hydrogen-bond acceptors (Lipinski definition) is 2. The van der Waals surface area contributed by atoms with Crippen LogP contribution in [0.4, 0.5) is 0 Å². The molecule has 0 aromatic carbocycles. The monoisotopic (exact) mass is 195 g/mol. The maximum absolute atomic E-state index is 11.5. The van der Waals surface area contributed by atoms with Gasteiger partial charge in [-0.1, -0.05) is 13.8 Å². The Morgan fingerprint density at radius 1 is 1.14 bits per heavy atom. The highest BCUT2D eigenvalue weighted by Crippen LogP contribution is 2.46. The van der Waals surface area contributed by atoms with Gasteiger partial charge in [-0.15, -0.1) is 0 Å². The van der Waals surface area contributed by atoms with E-state index in [-0.39, 0.29) is 17.2 Å². The minimum Gasteiger partial charge on any atom is -0.356 e. The Kier molecular flexibility index (Phi) is 2.13. The number of ketones is 1. The van der Waals surface area contributed by atoms with Crippen molar-refractivity contribution in [3.05, 3.63) is 0 Å². The first kappa shape index (κ1) is 9.69. The Hall–Kier alpha value is -0.860. The smallest absolute Gasteiger partial charge is 0.220 e. The van der Waals surface area contributed by atoms with Crippen LogP contribution < -0.4 is 5.32 Å². The van der Waals surface area contributed by atoms with Crippen molar-refractivity contribution in [2.24, 2.45) is 17.3 Å². The molecule has 0 radical (unpaired) electrons. The number of amides is 1. The van der Waals surface area contributed by atoms with Gasteiger partial charge < -0.3 is 5.32 Å². The summed E-state index contributed by atoms with van der Waals surface area (Å²) in [5.74, 6) is 1.02. The summed E-state index contributed by atoms with van der Waals surface area (Å²) >= 11 is 0. The lowest BCUT2D eigenvalue weighted by Gasteiger charge is -2.42. The molecule has 0 aromatic heterocycles. The third-order valence-electron chi connectivity index (χ3n) is 4.03. The lowest BCUT2D eigenvalue weighted by Crippen LogP contribution is -2.41. The van der Waals surface area contributed by atoms with E-state index in [2.05, 4.69) is 19.2 Å². The fourth-order valence-corrected chi connectivity index (χ4v) is 2.70. The topological polar surface area (TPSA) is 46.2 Å². The average Bonchev–Trinajstić information content (AvgIpc) is 2.18. The van der Waals surface area contributed by atoms with Gasteiger partial charge in [-0.05, 0) is 17.3 Å². The van der Waals surface area contributed by atoms with Crippen LogP contribution in [0.2, 0.25) is 0 Å². The van der Waals surface area contributed by atoms with Crippen LogP contribution in [0.5, 0.6) is 0 Å². The van der Waals surface area contributed by atoms with Gasteiger partial charge in [0.15, 0.2) is 0 Å². The second kappa shape index (κ2) is 3.07. The number of hydrogen-bond donors (Lipinski definition) is 1. The van der Waals surface area contributed by atoms with Crippen molar-refractivity contribution < 1.29 is 9.59 Å². The maximum Gasteiger partial charge on any atom is 0.220 e. The van der Waals surface area contributed by atoms with Gasteiger partial charge in [-0.25, -0.2) is 0 Å². The molecule has 2 aliphatic rings. The zero-order chi connectivity index (χ0) is 10.3. The van der Waals surface area contributed by atoms with Crippen molar-refractivity contribution in [2.75, 3.05) is 6.54 Å². The Morgan fingerprint density at radius 2 is 1.79 bits per heavy atom. The Morgan fingerprint density at radius 3 is 2.50 bits per heavy atom. The molecule has 0 aromatic rings. The van der Waals surface area contributed by atoms with Gasteiger partial charge in [0.25, 0.3) is 0 Å². The molecule has 2 fully saturated rings. The highest BCUT2D eigenvalue weighted by atomic mass is 16.1. The summed E-state index contributed by atoms with van der Waals surface area (Å²) in [5, 5.41) is 2.90. The molecule has 1 aliphatic heterocycles. The molecule has 1 N–H and O–H groups in total. The van der Waals surface area contributed by atoms with E-state index in [0.717, 1.165) is 0 Å². The summed E-state index contributed by atoms with van der Waals surface area (Å²) in [6.07, 6.45) is 1.76. The molecule has 1 aliphatic carbocycles. The average molecular weight is 195 g/mol. The van der Waals surface area contributed by atoms with Gasteiger partial charge in [0.2, 0.25) is 5.91 Å². The highest BCUT2D eigenvalue weighted by molar-refractivity contribution is 5.83. The number of nitrogens with one attached hydrogen (secondary N) is 1. The second-order valence-electron chi connectivity index (χ2n) is 5.17. The Labute approximate surface area is 84.2 Å². The zero-order valence-electron chi connectivity index (χ0n) is 8.80. The van der Waals surface area contributed by atoms with Crippen LogP contribution in [0, 0.1) is 17.3 Å². The molecule has 0 spiro atoms. The van der Waals surface area contributed by atoms with Gasteiger partial charge in [-0.3, -0.25) is 9.59 Å². The molecule has 2 bridgehead atoms. The first-order chi connectivity index (χ1) is 6.50. The first-order valence-electron chi connectivity index (χ1n) is 5.28. The summed E-state index contributed by atoms with van der Waals surface area (Å²) in [6.45, 7) is 5.05. The van der Waals surface area contributed by atoms with E-state index in [0.29, 0.717) is 37.5 Å². The standard InChI is InChI=1S/C11H17NO2/c1-11(2)7-3-9(13)4-8(11)6-12-10(14)5-7/h7-8H,3-6H2,1-2H3,(H,12,14)/t7-,8+/m0/s1. The molecule has 1 heterocycles. The van der Waals surface area contributed by atoms with E-state index in [1.807, 2.05) is 0 Å². The van der Waals surface area contributed by atoms with E-state index < -0.39 is 0 Å². The van der Waals surface area contributed by atoms with Crippen molar-refractivity contribution in [2.45, 2.75) is 33.1 Å². The summed E-state index contributed by atoms with van der Waals surface area (Å²) < 4.78 is 0. The zero-order valence-corrected chi connectivity index (χ0v) is 8.80. The normalized spacial score (nSPS) is 36.1. The fraction of sp³-hybridized carbons (Fsp3) is 0.818. The summed E-state index contributed by atoms with van der Waals surface area (Å²) in [6, 6.07) is 0. The predicted molar refractivity (Wildman–Crippen MR) is 52.6 cm³/mol. The highest BCUT2D eigenvalue weighted by Gasteiger charge is 2.45. The lowest BCUT2D eigenvalue weighted by molar-refractivity contribution is -0.127. The van der Waals surface area contributed by atoms with Gasteiger partial charge >= 0.3 is 0 Å². The van der Waals surface area contributed by atoms with Crippen LogP contribution >= 0.6 is 0 Å². The van der Waals surface area contributed by atoms with Crippen LogP contribution in [-0.4, -0.2) is 18.2 Å². The third kappa shape index (κ3) is 1.45. The molecule has 0 unspecified atom stereocenters. The molecule has 1 saturated carbocycles. The van der Waals surface area contributed by atoms with E-state index in [4.69, 9.17) is 0 Å². The number of Topliss-reactive ketones (excluding diaryl/α,β-unsaturated/α-hetero) is 1. The molecule has 1 amide bonds. The van der Waals surface area contributed by atoms with Crippen molar-refractivity contribution >= 4 is 11.7 Å². The Bertz CT molecular complexity index is 281. The van der Waals surface area contributed by atoms with Gasteiger partial charge in [-0.2, -0.15) is 0 Å². The largest absolute Gasteiger partial charge is 0.356 e. The van der Waals surface area contributed by atoms with Crippen molar-refractivity contribution in [1.82, 2.24) is 5.32 Å². The van der Waals surface area contributed by atoms with Crippen LogP contribution in [0.15, 0.2) is 0 Å². The number of carbonyl (C=O) groups is 2. The number of rotatable bonds is 0. The summed E-state index contributed by atoms with van der Waals surface area (Å²) in [4.78, 5) is 22.9. The van der Waals surface area contributed by atoms with Crippen LogP contribution in [0.1, 0.15) is 33.1 Å². The van der Waals surface area contributed by atoms with Crippen LogP contribution in [0.25, 0.3) is 0 Å².